The number of ether oxygens (including phenoxy) is 1. The molecule has 0 aromatic carbocycles. The zero-order chi connectivity index (χ0) is 11.5. The highest BCUT2D eigenvalue weighted by Gasteiger charge is 2.17. The molecule has 0 unspecified atom stereocenters. The number of hydrogen-bond donors (Lipinski definition) is 1. The number of aromatic nitrogens is 2. The van der Waals surface area contributed by atoms with Crippen LogP contribution in [0.1, 0.15) is 24.1 Å². The zero-order valence-electron chi connectivity index (χ0n) is 9.69. The van der Waals surface area contributed by atoms with Crippen LogP contribution in [0, 0.1) is 13.8 Å². The molecule has 5 heteroatoms. The van der Waals surface area contributed by atoms with E-state index in [1.807, 2.05) is 13.8 Å². The van der Waals surface area contributed by atoms with Crippen molar-refractivity contribution in [1.82, 2.24) is 15.1 Å². The van der Waals surface area contributed by atoms with Crippen LogP contribution in [0.25, 0.3) is 0 Å². The van der Waals surface area contributed by atoms with E-state index in [0.717, 1.165) is 37.3 Å². The van der Waals surface area contributed by atoms with E-state index in [1.54, 1.807) is 6.20 Å². The maximum absolute atomic E-state index is 11.8. The summed E-state index contributed by atoms with van der Waals surface area (Å²) in [5.74, 6) is 0. The van der Waals surface area contributed by atoms with Gasteiger partial charge in [0.1, 0.15) is 0 Å². The maximum Gasteiger partial charge on any atom is 0.342 e. The Labute approximate surface area is 94.8 Å². The summed E-state index contributed by atoms with van der Waals surface area (Å²) in [7, 11) is 0. The van der Waals surface area contributed by atoms with Gasteiger partial charge in [0.2, 0.25) is 0 Å². The van der Waals surface area contributed by atoms with Crippen LogP contribution in [0.15, 0.2) is 6.20 Å². The number of carbonyl (C=O) groups is 1. The predicted molar refractivity (Wildman–Crippen MR) is 59.5 cm³/mol. The summed E-state index contributed by atoms with van der Waals surface area (Å²) in [4.78, 5) is 11.8. The topological polar surface area (TPSA) is 56.2 Å². The maximum atomic E-state index is 11.8. The summed E-state index contributed by atoms with van der Waals surface area (Å²) in [5.41, 5.74) is 1.92. The third kappa shape index (κ3) is 2.41. The fourth-order valence-electron chi connectivity index (χ4n) is 1.73. The molecule has 0 spiro atoms. The number of carbonyl (C=O) groups excluding carboxylic acids is 1. The quantitative estimate of drug-likeness (QED) is 0.779. The zero-order valence-corrected chi connectivity index (χ0v) is 9.69. The lowest BCUT2D eigenvalue weighted by atomic mass is 10.1. The Kier molecular flexibility index (Phi) is 3.24. The highest BCUT2D eigenvalue weighted by molar-refractivity contribution is 5.76. The van der Waals surface area contributed by atoms with Crippen molar-refractivity contribution in [2.24, 2.45) is 0 Å². The predicted octanol–water partition coefficient (Wildman–Crippen LogP) is 1.24. The number of nitrogens with zero attached hydrogens (tertiary/aromatic N) is 2. The van der Waals surface area contributed by atoms with Gasteiger partial charge < -0.3 is 10.1 Å². The standard InChI is InChI=1S/C11H17N3O2/c1-8-7-14(13-9(8)2)11(15)12-10-3-5-16-6-4-10/h7,10H,3-6H2,1-2H3,(H,12,15). The van der Waals surface area contributed by atoms with E-state index in [1.165, 1.54) is 4.68 Å². The Morgan fingerprint density at radius 2 is 2.19 bits per heavy atom. The first-order chi connectivity index (χ1) is 7.66. The van der Waals surface area contributed by atoms with Gasteiger partial charge in [-0.3, -0.25) is 0 Å². The Balaban J connectivity index is 1.96. The van der Waals surface area contributed by atoms with Gasteiger partial charge in [-0.1, -0.05) is 0 Å². The number of nitrogens with one attached hydrogen (secondary N) is 1. The van der Waals surface area contributed by atoms with Crippen molar-refractivity contribution in [3.8, 4) is 0 Å². The Hall–Kier alpha value is -1.36. The van der Waals surface area contributed by atoms with E-state index in [0.29, 0.717) is 0 Å². The molecule has 1 aliphatic heterocycles. The van der Waals surface area contributed by atoms with Crippen LogP contribution >= 0.6 is 0 Å². The molecule has 1 saturated heterocycles. The van der Waals surface area contributed by atoms with Crippen LogP contribution in [-0.4, -0.2) is 35.1 Å². The van der Waals surface area contributed by atoms with Gasteiger partial charge in [-0.25, -0.2) is 4.79 Å². The second-order valence-electron chi connectivity index (χ2n) is 4.18. The highest BCUT2D eigenvalue weighted by Crippen LogP contribution is 2.07. The normalized spacial score (nSPS) is 17.4. The summed E-state index contributed by atoms with van der Waals surface area (Å²) in [6.07, 6.45) is 3.51. The first-order valence-electron chi connectivity index (χ1n) is 5.58. The van der Waals surface area contributed by atoms with Gasteiger partial charge >= 0.3 is 6.03 Å². The molecule has 5 nitrogen and oxygen atoms in total. The van der Waals surface area contributed by atoms with Crippen LogP contribution in [0.4, 0.5) is 4.79 Å². The SMILES string of the molecule is Cc1cn(C(=O)NC2CCOCC2)nc1C. The van der Waals surface area contributed by atoms with Crippen molar-refractivity contribution < 1.29 is 9.53 Å². The van der Waals surface area contributed by atoms with Gasteiger partial charge in [0.05, 0.1) is 5.69 Å². The van der Waals surface area contributed by atoms with Gasteiger partial charge in [-0.15, -0.1) is 0 Å². The van der Waals surface area contributed by atoms with Gasteiger partial charge in [-0.05, 0) is 32.3 Å². The fourth-order valence-corrected chi connectivity index (χ4v) is 1.73. The van der Waals surface area contributed by atoms with Crippen molar-refractivity contribution in [2.75, 3.05) is 13.2 Å². The Morgan fingerprint density at radius 3 is 2.75 bits per heavy atom. The molecular formula is C11H17N3O2. The van der Waals surface area contributed by atoms with Gasteiger partial charge in [0, 0.05) is 25.5 Å². The smallest absolute Gasteiger partial charge is 0.342 e. The highest BCUT2D eigenvalue weighted by atomic mass is 16.5. The number of amides is 1. The average molecular weight is 223 g/mol. The molecule has 0 saturated carbocycles. The number of aryl methyl sites for hydroxylation is 2. The third-order valence-electron chi connectivity index (χ3n) is 2.90. The van der Waals surface area contributed by atoms with Gasteiger partial charge in [-0.2, -0.15) is 9.78 Å². The second kappa shape index (κ2) is 4.65. The van der Waals surface area contributed by atoms with Crippen LogP contribution < -0.4 is 5.32 Å². The molecule has 1 N–H and O–H groups in total. The van der Waals surface area contributed by atoms with E-state index in [-0.39, 0.29) is 12.1 Å². The molecule has 2 heterocycles. The van der Waals surface area contributed by atoms with E-state index < -0.39 is 0 Å². The van der Waals surface area contributed by atoms with Crippen molar-refractivity contribution >= 4 is 6.03 Å². The van der Waals surface area contributed by atoms with Crippen molar-refractivity contribution in [3.05, 3.63) is 17.5 Å². The first-order valence-corrected chi connectivity index (χ1v) is 5.58. The molecule has 1 amide bonds. The van der Waals surface area contributed by atoms with Crippen molar-refractivity contribution in [1.29, 1.82) is 0 Å². The van der Waals surface area contributed by atoms with Crippen LogP contribution in [0.3, 0.4) is 0 Å². The molecule has 1 fully saturated rings. The van der Waals surface area contributed by atoms with Crippen LogP contribution in [0.2, 0.25) is 0 Å². The van der Waals surface area contributed by atoms with E-state index >= 15 is 0 Å². The molecule has 1 aromatic rings. The molecule has 1 aromatic heterocycles. The van der Waals surface area contributed by atoms with Gasteiger partial charge in [0.25, 0.3) is 0 Å². The molecule has 1 aliphatic rings. The monoisotopic (exact) mass is 223 g/mol. The summed E-state index contributed by atoms with van der Waals surface area (Å²) in [6.45, 7) is 5.29. The van der Waals surface area contributed by atoms with E-state index in [4.69, 9.17) is 4.74 Å². The van der Waals surface area contributed by atoms with E-state index in [9.17, 15) is 4.79 Å². The third-order valence-corrected chi connectivity index (χ3v) is 2.90. The molecule has 16 heavy (non-hydrogen) atoms. The van der Waals surface area contributed by atoms with Gasteiger partial charge in [0.15, 0.2) is 0 Å². The Morgan fingerprint density at radius 1 is 1.50 bits per heavy atom. The summed E-state index contributed by atoms with van der Waals surface area (Å²) < 4.78 is 6.61. The molecule has 0 bridgehead atoms. The minimum atomic E-state index is -0.150. The molecule has 0 radical (unpaired) electrons. The summed E-state index contributed by atoms with van der Waals surface area (Å²) in [6, 6.07) is 0.0640. The largest absolute Gasteiger partial charge is 0.381 e. The van der Waals surface area contributed by atoms with Crippen molar-refractivity contribution in [3.63, 3.8) is 0 Å². The lowest BCUT2D eigenvalue weighted by Gasteiger charge is -2.22. The molecule has 88 valence electrons. The molecular weight excluding hydrogens is 206 g/mol. The van der Waals surface area contributed by atoms with E-state index in [2.05, 4.69) is 10.4 Å². The Bertz CT molecular complexity index is 361. The van der Waals surface area contributed by atoms with Crippen molar-refractivity contribution in [2.45, 2.75) is 32.7 Å². The average Bonchev–Trinajstić information content (AvgIpc) is 2.61. The second-order valence-corrected chi connectivity index (χ2v) is 4.18. The molecule has 0 atom stereocenters. The first kappa shape index (κ1) is 11.1. The fraction of sp³-hybridized carbons (Fsp3) is 0.636. The lowest BCUT2D eigenvalue weighted by Crippen LogP contribution is -2.41. The number of hydrogen-bond acceptors (Lipinski definition) is 3. The minimum Gasteiger partial charge on any atom is -0.381 e. The summed E-state index contributed by atoms with van der Waals surface area (Å²) >= 11 is 0. The summed E-state index contributed by atoms with van der Waals surface area (Å²) in [5, 5.41) is 7.11. The van der Waals surface area contributed by atoms with Crippen LogP contribution in [-0.2, 0) is 4.74 Å². The molecule has 2 rings (SSSR count). The minimum absolute atomic E-state index is 0.150. The lowest BCUT2D eigenvalue weighted by molar-refractivity contribution is 0.0800. The van der Waals surface area contributed by atoms with Crippen LogP contribution in [0.5, 0.6) is 0 Å². The number of rotatable bonds is 1. The molecule has 0 aliphatic carbocycles.